The molecule has 2 heterocycles. The van der Waals surface area contributed by atoms with Gasteiger partial charge in [0.25, 0.3) is 11.8 Å². The molecule has 0 atom stereocenters. The Balaban J connectivity index is 1.96. The van der Waals surface area contributed by atoms with Gasteiger partial charge < -0.3 is 9.15 Å². The summed E-state index contributed by atoms with van der Waals surface area (Å²) >= 11 is 0. The molecule has 0 aliphatic carbocycles. The molecule has 0 bridgehead atoms. The van der Waals surface area contributed by atoms with Gasteiger partial charge in [-0.3, -0.25) is 25.0 Å². The van der Waals surface area contributed by atoms with E-state index in [-0.39, 0.29) is 11.4 Å². The number of methoxy groups -OCH3 is 1. The number of carbonyl (C=O) groups is 3. The van der Waals surface area contributed by atoms with Gasteiger partial charge in [0.15, 0.2) is 0 Å². The number of ether oxygens (including phenoxy) is 1. The molecule has 132 valence electrons. The summed E-state index contributed by atoms with van der Waals surface area (Å²) < 4.78 is 9.93. The first kappa shape index (κ1) is 16.9. The van der Waals surface area contributed by atoms with Gasteiger partial charge in [-0.25, -0.2) is 9.69 Å². The predicted molar refractivity (Wildman–Crippen MR) is 87.4 cm³/mol. The lowest BCUT2D eigenvalue weighted by Crippen LogP contribution is -2.54. The minimum atomic E-state index is -0.927. The lowest BCUT2D eigenvalue weighted by Gasteiger charge is -2.26. The van der Waals surface area contributed by atoms with Crippen molar-refractivity contribution < 1.29 is 28.5 Å². The first-order valence-corrected chi connectivity index (χ1v) is 7.20. The van der Waals surface area contributed by atoms with Crippen LogP contribution in [0.25, 0.3) is 6.08 Å². The van der Waals surface area contributed by atoms with Gasteiger partial charge >= 0.3 is 11.9 Å². The number of barbiturate groups is 1. The Morgan fingerprint density at radius 2 is 1.85 bits per heavy atom. The maximum absolute atomic E-state index is 12.6. The van der Waals surface area contributed by atoms with E-state index >= 15 is 0 Å². The first-order valence-electron chi connectivity index (χ1n) is 7.20. The van der Waals surface area contributed by atoms with Crippen molar-refractivity contribution in [2.24, 2.45) is 0 Å². The zero-order valence-corrected chi connectivity index (χ0v) is 13.3. The SMILES string of the molecule is COc1ccc(N2C(=O)NC(=O)/C(=C/c3ccc([N+](=O)[O-])o3)C2=O)cc1. The predicted octanol–water partition coefficient (Wildman–Crippen LogP) is 1.86. The van der Waals surface area contributed by atoms with Crippen molar-refractivity contribution in [3.63, 3.8) is 0 Å². The van der Waals surface area contributed by atoms with E-state index in [0.717, 1.165) is 17.0 Å². The van der Waals surface area contributed by atoms with E-state index in [4.69, 9.17) is 9.15 Å². The Kier molecular flexibility index (Phi) is 4.23. The third-order valence-electron chi connectivity index (χ3n) is 3.51. The van der Waals surface area contributed by atoms with Crippen LogP contribution in [0.2, 0.25) is 0 Å². The van der Waals surface area contributed by atoms with Crippen molar-refractivity contribution in [1.82, 2.24) is 5.32 Å². The molecular weight excluding hydrogens is 346 g/mol. The number of hydrogen-bond acceptors (Lipinski definition) is 7. The summed E-state index contributed by atoms with van der Waals surface area (Å²) in [4.78, 5) is 47.3. The van der Waals surface area contributed by atoms with Gasteiger partial charge in [-0.2, -0.15) is 0 Å². The molecule has 1 aromatic heterocycles. The maximum atomic E-state index is 12.6. The fourth-order valence-corrected chi connectivity index (χ4v) is 2.28. The molecule has 10 nitrogen and oxygen atoms in total. The summed E-state index contributed by atoms with van der Waals surface area (Å²) in [6, 6.07) is 7.46. The molecular formula is C16H11N3O7. The molecule has 10 heteroatoms. The third kappa shape index (κ3) is 3.02. The van der Waals surface area contributed by atoms with Gasteiger partial charge in [-0.1, -0.05) is 0 Å². The number of nitrogens with zero attached hydrogens (tertiary/aromatic N) is 2. The molecule has 3 rings (SSSR count). The van der Waals surface area contributed by atoms with E-state index in [1.165, 1.54) is 25.3 Å². The van der Waals surface area contributed by atoms with E-state index in [9.17, 15) is 24.5 Å². The minimum absolute atomic E-state index is 0.0702. The second-order valence-corrected chi connectivity index (χ2v) is 5.09. The Hall–Kier alpha value is -3.95. The zero-order valence-electron chi connectivity index (χ0n) is 13.3. The highest BCUT2D eigenvalue weighted by Gasteiger charge is 2.37. The molecule has 0 radical (unpaired) electrons. The van der Waals surface area contributed by atoms with Crippen LogP contribution in [0.15, 0.2) is 46.4 Å². The molecule has 1 saturated heterocycles. The number of furan rings is 1. The summed E-state index contributed by atoms with van der Waals surface area (Å²) in [5, 5.41) is 12.7. The van der Waals surface area contributed by atoms with E-state index < -0.39 is 34.2 Å². The monoisotopic (exact) mass is 357 g/mol. The van der Waals surface area contributed by atoms with Gasteiger partial charge in [0.2, 0.25) is 0 Å². The largest absolute Gasteiger partial charge is 0.497 e. The van der Waals surface area contributed by atoms with Gasteiger partial charge in [0.1, 0.15) is 22.0 Å². The topological polar surface area (TPSA) is 132 Å². The Morgan fingerprint density at radius 1 is 1.15 bits per heavy atom. The van der Waals surface area contributed by atoms with Crippen molar-refractivity contribution in [3.05, 3.63) is 57.8 Å². The zero-order chi connectivity index (χ0) is 18.8. The number of urea groups is 1. The Labute approximate surface area is 145 Å². The molecule has 26 heavy (non-hydrogen) atoms. The van der Waals surface area contributed by atoms with Crippen molar-refractivity contribution in [2.45, 2.75) is 0 Å². The molecule has 2 aromatic rings. The first-order chi connectivity index (χ1) is 12.4. The molecule has 0 spiro atoms. The highest BCUT2D eigenvalue weighted by atomic mass is 16.6. The van der Waals surface area contributed by atoms with Gasteiger partial charge in [-0.15, -0.1) is 0 Å². The van der Waals surface area contributed by atoms with Crippen LogP contribution in [0.1, 0.15) is 5.76 Å². The summed E-state index contributed by atoms with van der Waals surface area (Å²) in [6.07, 6.45) is 1.04. The van der Waals surface area contributed by atoms with Crippen LogP contribution < -0.4 is 15.0 Å². The quantitative estimate of drug-likeness (QED) is 0.382. The normalized spacial score (nSPS) is 16.0. The molecule has 0 unspecified atom stereocenters. The average molecular weight is 357 g/mol. The van der Waals surface area contributed by atoms with Gasteiger partial charge in [0, 0.05) is 0 Å². The fraction of sp³-hybridized carbons (Fsp3) is 0.0625. The van der Waals surface area contributed by atoms with E-state index in [0.29, 0.717) is 5.75 Å². The van der Waals surface area contributed by atoms with E-state index in [2.05, 4.69) is 0 Å². The van der Waals surface area contributed by atoms with Crippen molar-refractivity contribution in [1.29, 1.82) is 0 Å². The van der Waals surface area contributed by atoms with Crippen LogP contribution in [0, 0.1) is 10.1 Å². The maximum Gasteiger partial charge on any atom is 0.433 e. The molecule has 1 aliphatic rings. The average Bonchev–Trinajstić information content (AvgIpc) is 3.08. The smallest absolute Gasteiger partial charge is 0.433 e. The molecule has 1 N–H and O–H groups in total. The number of carbonyl (C=O) groups excluding carboxylic acids is 3. The summed E-state index contributed by atoms with van der Waals surface area (Å²) in [6.45, 7) is 0. The lowest BCUT2D eigenvalue weighted by molar-refractivity contribution is -0.402. The second-order valence-electron chi connectivity index (χ2n) is 5.09. The second kappa shape index (κ2) is 6.51. The van der Waals surface area contributed by atoms with Crippen molar-refractivity contribution in [3.8, 4) is 5.75 Å². The van der Waals surface area contributed by atoms with Crippen molar-refractivity contribution >= 4 is 35.5 Å². The van der Waals surface area contributed by atoms with Gasteiger partial charge in [-0.05, 0) is 36.4 Å². The van der Waals surface area contributed by atoms with Crippen LogP contribution in [-0.4, -0.2) is 29.9 Å². The van der Waals surface area contributed by atoms with Gasteiger partial charge in [0.05, 0.1) is 18.9 Å². The number of nitrogens with one attached hydrogen (secondary N) is 1. The number of hydrogen-bond donors (Lipinski definition) is 1. The van der Waals surface area contributed by atoms with Crippen LogP contribution >= 0.6 is 0 Å². The third-order valence-corrected chi connectivity index (χ3v) is 3.51. The van der Waals surface area contributed by atoms with Crippen LogP contribution in [0.4, 0.5) is 16.4 Å². The molecule has 0 saturated carbocycles. The summed E-state index contributed by atoms with van der Waals surface area (Å²) in [5.74, 6) is -1.90. The lowest BCUT2D eigenvalue weighted by atomic mass is 10.1. The summed E-state index contributed by atoms with van der Waals surface area (Å²) in [7, 11) is 1.47. The highest BCUT2D eigenvalue weighted by Crippen LogP contribution is 2.25. The number of amides is 4. The molecule has 4 amide bonds. The number of rotatable bonds is 4. The Bertz CT molecular complexity index is 943. The van der Waals surface area contributed by atoms with E-state index in [1.54, 1.807) is 12.1 Å². The standard InChI is InChI=1S/C16H11N3O7/c1-25-10-4-2-9(3-5-10)18-15(21)12(14(20)17-16(18)22)8-11-6-7-13(26-11)19(23)24/h2-8H,1H3,(H,17,20,22)/b12-8-. The highest BCUT2D eigenvalue weighted by molar-refractivity contribution is 6.39. The number of benzene rings is 1. The Morgan fingerprint density at radius 3 is 2.42 bits per heavy atom. The van der Waals surface area contributed by atoms with E-state index in [1.807, 2.05) is 5.32 Å². The number of nitro groups is 1. The molecule has 1 aromatic carbocycles. The van der Waals surface area contributed by atoms with Crippen LogP contribution in [0.5, 0.6) is 5.75 Å². The summed E-state index contributed by atoms with van der Waals surface area (Å²) in [5.41, 5.74) is -0.179. The van der Waals surface area contributed by atoms with Crippen molar-refractivity contribution in [2.75, 3.05) is 12.0 Å². The number of anilines is 1. The van der Waals surface area contributed by atoms with Crippen LogP contribution in [-0.2, 0) is 9.59 Å². The van der Waals surface area contributed by atoms with Crippen LogP contribution in [0.3, 0.4) is 0 Å². The molecule has 1 aliphatic heterocycles. The fourth-order valence-electron chi connectivity index (χ4n) is 2.28. The molecule has 1 fully saturated rings. The minimum Gasteiger partial charge on any atom is -0.497 e. The number of imide groups is 2.